The Kier molecular flexibility index (Phi) is 6.53. The van der Waals surface area contributed by atoms with Crippen molar-refractivity contribution in [3.63, 3.8) is 0 Å². The van der Waals surface area contributed by atoms with Gasteiger partial charge in [0.1, 0.15) is 16.4 Å². The van der Waals surface area contributed by atoms with Crippen LogP contribution in [0.2, 0.25) is 5.02 Å². The second-order valence-electron chi connectivity index (χ2n) is 7.08. The Bertz CT molecular complexity index is 1170. The lowest BCUT2D eigenvalue weighted by Gasteiger charge is -2.15. The van der Waals surface area contributed by atoms with E-state index >= 15 is 0 Å². The van der Waals surface area contributed by atoms with Crippen molar-refractivity contribution in [2.75, 3.05) is 17.3 Å². The molecule has 162 valence electrons. The third-order valence-corrected chi connectivity index (χ3v) is 6.38. The second-order valence-corrected chi connectivity index (χ2v) is 8.60. The van der Waals surface area contributed by atoms with E-state index < -0.39 is 5.91 Å². The topological polar surface area (TPSA) is 58.6 Å². The number of carbonyl (C=O) groups excluding carboxylic acids is 2. The molecule has 1 aliphatic heterocycles. The maximum absolute atomic E-state index is 13.4. The van der Waals surface area contributed by atoms with Gasteiger partial charge in [0.2, 0.25) is 0 Å². The Morgan fingerprint density at radius 1 is 0.906 bits per heavy atom. The number of amides is 2. The van der Waals surface area contributed by atoms with Crippen LogP contribution < -0.4 is 15.0 Å². The fraction of sp³-hybridized carbons (Fsp3) is 0.120. The van der Waals surface area contributed by atoms with E-state index in [1.54, 1.807) is 55.6 Å². The zero-order valence-corrected chi connectivity index (χ0v) is 19.2. The molecule has 32 heavy (non-hydrogen) atoms. The number of methoxy groups -OCH3 is 1. The minimum absolute atomic E-state index is 0.236. The summed E-state index contributed by atoms with van der Waals surface area (Å²) >= 11 is 7.23. The van der Waals surface area contributed by atoms with Crippen molar-refractivity contribution in [2.45, 2.75) is 18.2 Å². The van der Waals surface area contributed by atoms with Crippen LogP contribution in [0, 0.1) is 0 Å². The monoisotopic (exact) mass is 464 g/mol. The van der Waals surface area contributed by atoms with Gasteiger partial charge in [-0.15, -0.1) is 0 Å². The number of aryl methyl sites for hydroxylation is 1. The Balaban J connectivity index is 1.70. The maximum atomic E-state index is 13.4. The summed E-state index contributed by atoms with van der Waals surface area (Å²) in [5.41, 5.74) is 2.59. The van der Waals surface area contributed by atoms with E-state index in [4.69, 9.17) is 16.3 Å². The van der Waals surface area contributed by atoms with Crippen LogP contribution in [0.25, 0.3) is 0 Å². The minimum atomic E-state index is -0.397. The molecule has 0 saturated heterocycles. The highest BCUT2D eigenvalue weighted by molar-refractivity contribution is 8.04. The SMILES string of the molecule is CCc1ccc(N2C(=O)C(Nc3ccc(OC)cc3)=C(Sc3ccc(Cl)cc3)C2=O)cc1. The summed E-state index contributed by atoms with van der Waals surface area (Å²) in [7, 11) is 1.59. The molecule has 0 spiro atoms. The number of imide groups is 1. The molecule has 7 heteroatoms. The molecule has 0 aromatic heterocycles. The van der Waals surface area contributed by atoms with Gasteiger partial charge in [-0.05, 0) is 72.6 Å². The zero-order valence-electron chi connectivity index (χ0n) is 17.6. The second kappa shape index (κ2) is 9.51. The fourth-order valence-electron chi connectivity index (χ4n) is 3.27. The van der Waals surface area contributed by atoms with E-state index in [1.807, 2.05) is 24.3 Å². The largest absolute Gasteiger partial charge is 0.497 e. The third kappa shape index (κ3) is 4.52. The van der Waals surface area contributed by atoms with Crippen LogP contribution >= 0.6 is 23.4 Å². The number of hydrogen-bond donors (Lipinski definition) is 1. The molecule has 0 radical (unpaired) electrons. The number of nitrogens with zero attached hydrogens (tertiary/aromatic N) is 1. The lowest BCUT2D eigenvalue weighted by atomic mass is 10.1. The average molecular weight is 465 g/mol. The van der Waals surface area contributed by atoms with Crippen molar-refractivity contribution < 1.29 is 14.3 Å². The van der Waals surface area contributed by atoms with Crippen molar-refractivity contribution in [3.05, 3.63) is 94.0 Å². The Morgan fingerprint density at radius 3 is 2.16 bits per heavy atom. The number of rotatable bonds is 7. The van der Waals surface area contributed by atoms with E-state index in [0.29, 0.717) is 27.1 Å². The number of thioether (sulfide) groups is 1. The molecule has 1 N–H and O–H groups in total. The van der Waals surface area contributed by atoms with E-state index in [2.05, 4.69) is 12.2 Å². The molecule has 3 aromatic rings. The molecule has 0 unspecified atom stereocenters. The highest BCUT2D eigenvalue weighted by atomic mass is 35.5. The van der Waals surface area contributed by atoms with Gasteiger partial charge in [0.15, 0.2) is 0 Å². The summed E-state index contributed by atoms with van der Waals surface area (Å²) in [5, 5.41) is 3.74. The quantitative estimate of drug-likeness (QED) is 0.441. The first kappa shape index (κ1) is 22.0. The average Bonchev–Trinajstić information content (AvgIpc) is 3.05. The van der Waals surface area contributed by atoms with Crippen molar-refractivity contribution in [1.29, 1.82) is 0 Å². The normalized spacial score (nSPS) is 13.7. The van der Waals surface area contributed by atoms with Gasteiger partial charge in [-0.25, -0.2) is 4.90 Å². The molecule has 0 aliphatic carbocycles. The Morgan fingerprint density at radius 2 is 1.56 bits per heavy atom. The van der Waals surface area contributed by atoms with Crippen LogP contribution in [0.4, 0.5) is 11.4 Å². The standard InChI is InChI=1S/C25H21ClN2O3S/c1-3-16-4-10-19(11-5-16)28-24(29)22(27-18-8-12-20(31-2)13-9-18)23(25(28)30)32-21-14-6-17(26)7-15-21/h4-15,27H,3H2,1-2H3. The third-order valence-electron chi connectivity index (χ3n) is 5.04. The number of ether oxygens (including phenoxy) is 1. The van der Waals surface area contributed by atoms with E-state index in [0.717, 1.165) is 16.9 Å². The van der Waals surface area contributed by atoms with E-state index in [9.17, 15) is 9.59 Å². The minimum Gasteiger partial charge on any atom is -0.497 e. The Labute approximate surface area is 196 Å². The first-order chi connectivity index (χ1) is 15.5. The first-order valence-corrected chi connectivity index (χ1v) is 11.3. The number of nitrogens with one attached hydrogen (secondary N) is 1. The molecule has 5 nitrogen and oxygen atoms in total. The lowest BCUT2D eigenvalue weighted by Crippen LogP contribution is -2.32. The number of carbonyl (C=O) groups is 2. The van der Waals surface area contributed by atoms with Crippen molar-refractivity contribution in [3.8, 4) is 5.75 Å². The molecule has 0 bridgehead atoms. The van der Waals surface area contributed by atoms with Crippen LogP contribution in [0.3, 0.4) is 0 Å². The van der Waals surface area contributed by atoms with Gasteiger partial charge < -0.3 is 10.1 Å². The summed E-state index contributed by atoms with van der Waals surface area (Å²) in [6, 6.07) is 21.8. The van der Waals surface area contributed by atoms with Crippen molar-refractivity contribution in [1.82, 2.24) is 0 Å². The van der Waals surface area contributed by atoms with Gasteiger partial charge in [0, 0.05) is 15.6 Å². The van der Waals surface area contributed by atoms with Crippen LogP contribution in [0.15, 0.2) is 88.3 Å². The van der Waals surface area contributed by atoms with Gasteiger partial charge in [0.25, 0.3) is 11.8 Å². The summed E-state index contributed by atoms with van der Waals surface area (Å²) in [6.07, 6.45) is 0.877. The van der Waals surface area contributed by atoms with Gasteiger partial charge in [-0.3, -0.25) is 9.59 Å². The molecule has 1 aliphatic rings. The number of halogens is 1. The van der Waals surface area contributed by atoms with Crippen molar-refractivity contribution in [2.24, 2.45) is 0 Å². The molecular formula is C25H21ClN2O3S. The summed E-state index contributed by atoms with van der Waals surface area (Å²) < 4.78 is 5.20. The van der Waals surface area contributed by atoms with Crippen molar-refractivity contribution >= 4 is 46.6 Å². The van der Waals surface area contributed by atoms with Crippen LogP contribution in [0.5, 0.6) is 5.75 Å². The van der Waals surface area contributed by atoms with Gasteiger partial charge in [-0.1, -0.05) is 42.4 Å². The molecule has 2 amide bonds. The number of anilines is 2. The smallest absolute Gasteiger partial charge is 0.283 e. The predicted molar refractivity (Wildman–Crippen MR) is 129 cm³/mol. The summed E-state index contributed by atoms with van der Waals surface area (Å²) in [6.45, 7) is 2.06. The first-order valence-electron chi connectivity index (χ1n) is 10.1. The highest BCUT2D eigenvalue weighted by Crippen LogP contribution is 2.38. The molecule has 0 saturated carbocycles. The Hall–Kier alpha value is -3.22. The molecule has 0 atom stereocenters. The highest BCUT2D eigenvalue weighted by Gasteiger charge is 2.40. The number of benzene rings is 3. The molecular weight excluding hydrogens is 444 g/mol. The predicted octanol–water partition coefficient (Wildman–Crippen LogP) is 5.90. The van der Waals surface area contributed by atoms with Crippen LogP contribution in [0.1, 0.15) is 12.5 Å². The lowest BCUT2D eigenvalue weighted by molar-refractivity contribution is -0.120. The van der Waals surface area contributed by atoms with E-state index in [1.165, 1.54) is 16.7 Å². The summed E-state index contributed by atoms with van der Waals surface area (Å²) in [5.74, 6) is -0.0616. The van der Waals surface area contributed by atoms with Gasteiger partial charge in [-0.2, -0.15) is 0 Å². The summed E-state index contributed by atoms with van der Waals surface area (Å²) in [4.78, 5) is 29.1. The van der Waals surface area contributed by atoms with E-state index in [-0.39, 0.29) is 11.6 Å². The number of hydrogen-bond acceptors (Lipinski definition) is 5. The molecule has 0 fully saturated rings. The van der Waals surface area contributed by atoms with Crippen LogP contribution in [-0.4, -0.2) is 18.9 Å². The van der Waals surface area contributed by atoms with Gasteiger partial charge >= 0.3 is 0 Å². The molecule has 1 heterocycles. The fourth-order valence-corrected chi connectivity index (χ4v) is 4.32. The van der Waals surface area contributed by atoms with Gasteiger partial charge in [0.05, 0.1) is 12.8 Å². The molecule has 4 rings (SSSR count). The zero-order chi connectivity index (χ0) is 22.7. The van der Waals surface area contributed by atoms with Crippen LogP contribution in [-0.2, 0) is 16.0 Å². The molecule has 3 aromatic carbocycles. The maximum Gasteiger partial charge on any atom is 0.283 e.